The number of anilines is 1. The van der Waals surface area contributed by atoms with Gasteiger partial charge in [0.15, 0.2) is 5.16 Å². The zero-order valence-corrected chi connectivity index (χ0v) is 16.8. The van der Waals surface area contributed by atoms with Crippen molar-refractivity contribution in [2.24, 2.45) is 0 Å². The highest BCUT2D eigenvalue weighted by atomic mass is 35.5. The minimum absolute atomic E-state index is 0.0856. The maximum Gasteiger partial charge on any atom is 0.237 e. The molecule has 0 aliphatic heterocycles. The average molecular weight is 401 g/mol. The van der Waals surface area contributed by atoms with Gasteiger partial charge in [-0.2, -0.15) is 0 Å². The van der Waals surface area contributed by atoms with Crippen LogP contribution in [-0.4, -0.2) is 25.9 Å². The molecule has 1 atom stereocenters. The summed E-state index contributed by atoms with van der Waals surface area (Å²) in [6, 6.07) is 17.2. The Hall–Kier alpha value is -2.31. The summed E-state index contributed by atoms with van der Waals surface area (Å²) in [5.41, 5.74) is 1.91. The van der Waals surface area contributed by atoms with Crippen molar-refractivity contribution < 1.29 is 4.79 Å². The van der Waals surface area contributed by atoms with Crippen LogP contribution in [0.2, 0.25) is 5.02 Å². The summed E-state index contributed by atoms with van der Waals surface area (Å²) in [5, 5.41) is 12.6. The minimum atomic E-state index is -0.306. The number of thioether (sulfide) groups is 1. The van der Waals surface area contributed by atoms with Crippen molar-refractivity contribution >= 4 is 35.0 Å². The first-order valence-corrected chi connectivity index (χ1v) is 10.0. The van der Waals surface area contributed by atoms with Crippen molar-refractivity contribution in [3.8, 4) is 0 Å². The molecule has 5 nitrogen and oxygen atoms in total. The van der Waals surface area contributed by atoms with Gasteiger partial charge in [0, 0.05) is 23.7 Å². The zero-order valence-electron chi connectivity index (χ0n) is 15.2. The quantitative estimate of drug-likeness (QED) is 0.586. The van der Waals surface area contributed by atoms with Crippen LogP contribution in [0.25, 0.3) is 0 Å². The molecule has 0 aliphatic carbocycles. The molecule has 3 aromatic rings. The van der Waals surface area contributed by atoms with Crippen LogP contribution in [0.4, 0.5) is 5.69 Å². The molecule has 0 saturated heterocycles. The Labute approximate surface area is 168 Å². The molecule has 2 aromatic carbocycles. The molecule has 1 aromatic heterocycles. The smallest absolute Gasteiger partial charge is 0.237 e. The van der Waals surface area contributed by atoms with Crippen molar-refractivity contribution in [2.45, 2.75) is 37.2 Å². The molecule has 0 unspecified atom stereocenters. The molecule has 3 rings (SSSR count). The molecular formula is C20H21ClN4OS. The third-order valence-electron chi connectivity index (χ3n) is 4.08. The maximum absolute atomic E-state index is 12.5. The first-order chi connectivity index (χ1) is 13.1. The molecule has 140 valence electrons. The standard InChI is InChI=1S/C20H21ClN4OS/c1-3-25-18(13-15-7-5-4-6-8-15)23-24-20(25)27-14(2)19(26)22-17-11-9-16(21)10-12-17/h4-12,14H,3,13H2,1-2H3,(H,22,26)/t14-/m0/s1. The van der Waals surface area contributed by atoms with E-state index in [1.54, 1.807) is 24.3 Å². The first kappa shape index (κ1) is 19.5. The highest BCUT2D eigenvalue weighted by Crippen LogP contribution is 2.24. The summed E-state index contributed by atoms with van der Waals surface area (Å²) in [5.74, 6) is 0.814. The molecule has 1 N–H and O–H groups in total. The number of nitrogens with one attached hydrogen (secondary N) is 1. The highest BCUT2D eigenvalue weighted by molar-refractivity contribution is 8.00. The Kier molecular flexibility index (Phi) is 6.53. The minimum Gasteiger partial charge on any atom is -0.325 e. The largest absolute Gasteiger partial charge is 0.325 e. The van der Waals surface area contributed by atoms with E-state index < -0.39 is 0 Å². The van der Waals surface area contributed by atoms with Crippen molar-refractivity contribution in [1.82, 2.24) is 14.8 Å². The fourth-order valence-corrected chi connectivity index (χ4v) is 3.68. The molecule has 0 radical (unpaired) electrons. The van der Waals surface area contributed by atoms with Gasteiger partial charge in [0.2, 0.25) is 5.91 Å². The number of halogens is 1. The summed E-state index contributed by atoms with van der Waals surface area (Å²) in [6.45, 7) is 4.67. The van der Waals surface area contributed by atoms with Crippen LogP contribution in [0.5, 0.6) is 0 Å². The monoisotopic (exact) mass is 400 g/mol. The zero-order chi connectivity index (χ0) is 19.2. The maximum atomic E-state index is 12.5. The summed E-state index contributed by atoms with van der Waals surface area (Å²) in [7, 11) is 0. The molecule has 0 bridgehead atoms. The van der Waals surface area contributed by atoms with Crippen molar-refractivity contribution in [3.05, 3.63) is 71.0 Å². The lowest BCUT2D eigenvalue weighted by Gasteiger charge is -2.13. The van der Waals surface area contributed by atoms with E-state index in [2.05, 4.69) is 39.1 Å². The number of hydrogen-bond acceptors (Lipinski definition) is 4. The second-order valence-electron chi connectivity index (χ2n) is 6.06. The van der Waals surface area contributed by atoms with Crippen molar-refractivity contribution in [2.75, 3.05) is 5.32 Å². The summed E-state index contributed by atoms with van der Waals surface area (Å²) < 4.78 is 2.06. The Morgan fingerprint density at radius 3 is 2.52 bits per heavy atom. The molecule has 0 spiro atoms. The molecule has 1 heterocycles. The summed E-state index contributed by atoms with van der Waals surface area (Å²) in [4.78, 5) is 12.5. The molecule has 0 saturated carbocycles. The van der Waals surface area contributed by atoms with Crippen LogP contribution >= 0.6 is 23.4 Å². The number of benzene rings is 2. The van der Waals surface area contributed by atoms with Crippen LogP contribution in [0.1, 0.15) is 25.2 Å². The molecule has 0 aliphatic rings. The van der Waals surface area contributed by atoms with Gasteiger partial charge in [-0.05, 0) is 43.7 Å². The SMILES string of the molecule is CCn1c(Cc2ccccc2)nnc1S[C@@H](C)C(=O)Nc1ccc(Cl)cc1. The molecular weight excluding hydrogens is 380 g/mol. The Morgan fingerprint density at radius 2 is 1.85 bits per heavy atom. The van der Waals surface area contributed by atoms with Gasteiger partial charge in [0.25, 0.3) is 0 Å². The average Bonchev–Trinajstić information content (AvgIpc) is 3.05. The first-order valence-electron chi connectivity index (χ1n) is 8.76. The van der Waals surface area contributed by atoms with E-state index in [-0.39, 0.29) is 11.2 Å². The molecule has 1 amide bonds. The van der Waals surface area contributed by atoms with E-state index in [9.17, 15) is 4.79 Å². The van der Waals surface area contributed by atoms with E-state index in [0.717, 1.165) is 23.2 Å². The van der Waals surface area contributed by atoms with E-state index in [4.69, 9.17) is 11.6 Å². The van der Waals surface area contributed by atoms with Gasteiger partial charge in [-0.15, -0.1) is 10.2 Å². The molecule has 27 heavy (non-hydrogen) atoms. The van der Waals surface area contributed by atoms with Gasteiger partial charge in [-0.1, -0.05) is 53.7 Å². The van der Waals surface area contributed by atoms with Crippen LogP contribution in [0.15, 0.2) is 59.8 Å². The second-order valence-corrected chi connectivity index (χ2v) is 7.81. The number of aromatic nitrogens is 3. The van der Waals surface area contributed by atoms with E-state index in [0.29, 0.717) is 11.4 Å². The van der Waals surface area contributed by atoms with Gasteiger partial charge in [-0.25, -0.2) is 0 Å². The van der Waals surface area contributed by atoms with Gasteiger partial charge >= 0.3 is 0 Å². The number of nitrogens with zero attached hydrogens (tertiary/aromatic N) is 3. The number of hydrogen-bond donors (Lipinski definition) is 1. The predicted octanol–water partition coefficient (Wildman–Crippen LogP) is 4.66. The lowest BCUT2D eigenvalue weighted by molar-refractivity contribution is -0.115. The lowest BCUT2D eigenvalue weighted by atomic mass is 10.1. The highest BCUT2D eigenvalue weighted by Gasteiger charge is 2.20. The lowest BCUT2D eigenvalue weighted by Crippen LogP contribution is -2.23. The number of carbonyl (C=O) groups excluding carboxylic acids is 1. The van der Waals surface area contributed by atoms with Crippen LogP contribution in [0.3, 0.4) is 0 Å². The van der Waals surface area contributed by atoms with E-state index >= 15 is 0 Å². The van der Waals surface area contributed by atoms with Crippen molar-refractivity contribution in [1.29, 1.82) is 0 Å². The normalized spacial score (nSPS) is 12.0. The second kappa shape index (κ2) is 9.06. The fraction of sp³-hybridized carbons (Fsp3) is 0.250. The van der Waals surface area contributed by atoms with Crippen LogP contribution in [0, 0.1) is 0 Å². The number of rotatable bonds is 7. The molecule has 0 fully saturated rings. The van der Waals surface area contributed by atoms with Gasteiger partial charge in [0.1, 0.15) is 5.82 Å². The summed E-state index contributed by atoms with van der Waals surface area (Å²) in [6.07, 6.45) is 0.716. The van der Waals surface area contributed by atoms with Crippen LogP contribution < -0.4 is 5.32 Å². The van der Waals surface area contributed by atoms with Gasteiger partial charge in [0.05, 0.1) is 5.25 Å². The Bertz CT molecular complexity index is 896. The Balaban J connectivity index is 1.67. The predicted molar refractivity (Wildman–Crippen MR) is 110 cm³/mol. The number of amides is 1. The fourth-order valence-electron chi connectivity index (χ4n) is 2.62. The Morgan fingerprint density at radius 1 is 1.15 bits per heavy atom. The van der Waals surface area contributed by atoms with Crippen molar-refractivity contribution in [3.63, 3.8) is 0 Å². The number of carbonyl (C=O) groups is 1. The van der Waals surface area contributed by atoms with E-state index in [1.807, 2.05) is 25.1 Å². The molecule has 7 heteroatoms. The summed E-state index contributed by atoms with van der Waals surface area (Å²) >= 11 is 7.28. The van der Waals surface area contributed by atoms with Gasteiger partial charge in [-0.3, -0.25) is 4.79 Å². The van der Waals surface area contributed by atoms with Gasteiger partial charge < -0.3 is 9.88 Å². The van der Waals surface area contributed by atoms with E-state index in [1.165, 1.54) is 17.3 Å². The van der Waals surface area contributed by atoms with Crippen LogP contribution in [-0.2, 0) is 17.8 Å². The topological polar surface area (TPSA) is 59.8 Å². The third kappa shape index (κ3) is 5.11. The third-order valence-corrected chi connectivity index (χ3v) is 5.41.